The first kappa shape index (κ1) is 19.9. The molecule has 0 aliphatic carbocycles. The molecule has 8 heteroatoms. The van der Waals surface area contributed by atoms with Crippen LogP contribution in [0.1, 0.15) is 0 Å². The summed E-state index contributed by atoms with van der Waals surface area (Å²) < 4.78 is 1.13. The van der Waals surface area contributed by atoms with Gasteiger partial charge >= 0.3 is 0 Å². The molecule has 7 nitrogen and oxygen atoms in total. The van der Waals surface area contributed by atoms with Crippen molar-refractivity contribution >= 4 is 38.2 Å². The van der Waals surface area contributed by atoms with Crippen molar-refractivity contribution in [2.75, 3.05) is 49.5 Å². The van der Waals surface area contributed by atoms with Crippen LogP contribution in [0.2, 0.25) is 0 Å². The van der Waals surface area contributed by atoms with Gasteiger partial charge in [0.1, 0.15) is 5.82 Å². The summed E-state index contributed by atoms with van der Waals surface area (Å²) in [4.78, 5) is 18.0. The number of anilines is 3. The number of pyridine rings is 2. The minimum absolute atomic E-state index is 0.218. The van der Waals surface area contributed by atoms with Gasteiger partial charge in [-0.2, -0.15) is 0 Å². The van der Waals surface area contributed by atoms with Crippen LogP contribution in [0.3, 0.4) is 0 Å². The normalized spacial score (nSPS) is 14.8. The Labute approximate surface area is 185 Å². The fourth-order valence-electron chi connectivity index (χ4n) is 3.87. The second-order valence-electron chi connectivity index (χ2n) is 7.51. The van der Waals surface area contributed by atoms with E-state index >= 15 is 0 Å². The number of thiazole rings is 1. The number of aromatic nitrogens is 3. The topological polar surface area (TPSA) is 77.4 Å². The number of nitrogens with zero attached hydrogens (tertiary/aromatic N) is 5. The number of aliphatic hydroxyl groups excluding tert-OH is 1. The summed E-state index contributed by atoms with van der Waals surface area (Å²) in [6, 6.07) is 14.5. The molecule has 1 aliphatic heterocycles. The standard InChI is InChI=1S/C23H24N6OS/c30-14-13-28-9-11-29(12-10-28)19-5-8-25-22(16-19)27-23-26-20-2-1-18(15-21(20)31-23)17-3-6-24-7-4-17/h1-8,15-16,30H,9-14H2,(H,25,26,27). The summed E-state index contributed by atoms with van der Waals surface area (Å²) >= 11 is 1.63. The third-order valence-electron chi connectivity index (χ3n) is 5.53. The zero-order valence-corrected chi connectivity index (χ0v) is 17.9. The number of nitrogens with one attached hydrogen (secondary N) is 1. The predicted octanol–water partition coefficient (Wildman–Crippen LogP) is 3.61. The van der Waals surface area contributed by atoms with Gasteiger partial charge in [-0.25, -0.2) is 9.97 Å². The molecule has 1 saturated heterocycles. The molecule has 3 aromatic heterocycles. The van der Waals surface area contributed by atoms with E-state index in [0.717, 1.165) is 70.7 Å². The first-order valence-electron chi connectivity index (χ1n) is 10.4. The lowest BCUT2D eigenvalue weighted by molar-refractivity contribution is 0.189. The van der Waals surface area contributed by atoms with E-state index in [1.165, 1.54) is 0 Å². The Morgan fingerprint density at radius 3 is 2.58 bits per heavy atom. The van der Waals surface area contributed by atoms with Gasteiger partial charge in [0.25, 0.3) is 0 Å². The van der Waals surface area contributed by atoms with E-state index in [1.807, 2.05) is 36.8 Å². The molecular formula is C23H24N6OS. The molecular weight excluding hydrogens is 408 g/mol. The van der Waals surface area contributed by atoms with Crippen LogP contribution in [-0.2, 0) is 0 Å². The SMILES string of the molecule is OCCN1CCN(c2ccnc(Nc3nc4ccc(-c5ccncc5)cc4s3)c2)CC1. The summed E-state index contributed by atoms with van der Waals surface area (Å²) in [5.74, 6) is 0.795. The first-order valence-corrected chi connectivity index (χ1v) is 11.2. The Morgan fingerprint density at radius 1 is 0.935 bits per heavy atom. The molecule has 0 radical (unpaired) electrons. The molecule has 0 atom stereocenters. The lowest BCUT2D eigenvalue weighted by Crippen LogP contribution is -2.47. The van der Waals surface area contributed by atoms with E-state index in [1.54, 1.807) is 11.3 Å². The van der Waals surface area contributed by atoms with E-state index in [-0.39, 0.29) is 6.61 Å². The van der Waals surface area contributed by atoms with Gasteiger partial charge in [0.15, 0.2) is 5.13 Å². The zero-order chi connectivity index (χ0) is 21.0. The van der Waals surface area contributed by atoms with E-state index in [2.05, 4.69) is 49.4 Å². The largest absolute Gasteiger partial charge is 0.395 e. The molecule has 2 N–H and O–H groups in total. The van der Waals surface area contributed by atoms with Crippen LogP contribution in [0, 0.1) is 0 Å². The number of hydrogen-bond acceptors (Lipinski definition) is 8. The van der Waals surface area contributed by atoms with E-state index in [4.69, 9.17) is 10.1 Å². The van der Waals surface area contributed by atoms with Gasteiger partial charge < -0.3 is 15.3 Å². The molecule has 0 saturated carbocycles. The van der Waals surface area contributed by atoms with E-state index in [0.29, 0.717) is 0 Å². The molecule has 4 heterocycles. The average Bonchev–Trinajstić information content (AvgIpc) is 3.22. The quantitative estimate of drug-likeness (QED) is 0.482. The minimum atomic E-state index is 0.218. The molecule has 1 aromatic carbocycles. The van der Waals surface area contributed by atoms with Crippen LogP contribution in [0.25, 0.3) is 21.3 Å². The summed E-state index contributed by atoms with van der Waals surface area (Å²) in [5, 5.41) is 13.3. The van der Waals surface area contributed by atoms with Gasteiger partial charge in [-0.3, -0.25) is 9.88 Å². The van der Waals surface area contributed by atoms with Crippen LogP contribution in [0.5, 0.6) is 0 Å². The number of rotatable bonds is 6. The minimum Gasteiger partial charge on any atom is -0.395 e. The maximum Gasteiger partial charge on any atom is 0.189 e. The van der Waals surface area contributed by atoms with Gasteiger partial charge in [0.05, 0.1) is 16.8 Å². The molecule has 4 aromatic rings. The maximum absolute atomic E-state index is 9.12. The highest BCUT2D eigenvalue weighted by Gasteiger charge is 2.17. The highest BCUT2D eigenvalue weighted by molar-refractivity contribution is 7.22. The lowest BCUT2D eigenvalue weighted by atomic mass is 10.1. The Kier molecular flexibility index (Phi) is 5.75. The Morgan fingerprint density at radius 2 is 1.77 bits per heavy atom. The van der Waals surface area contributed by atoms with Gasteiger partial charge in [0.2, 0.25) is 0 Å². The van der Waals surface area contributed by atoms with E-state index < -0.39 is 0 Å². The fourth-order valence-corrected chi connectivity index (χ4v) is 4.78. The van der Waals surface area contributed by atoms with Crippen LogP contribution >= 0.6 is 11.3 Å². The molecule has 0 unspecified atom stereocenters. The second-order valence-corrected chi connectivity index (χ2v) is 8.54. The third-order valence-corrected chi connectivity index (χ3v) is 6.47. The van der Waals surface area contributed by atoms with Crippen LogP contribution in [0.15, 0.2) is 61.1 Å². The van der Waals surface area contributed by atoms with Crippen molar-refractivity contribution < 1.29 is 5.11 Å². The first-order chi connectivity index (χ1) is 15.3. The molecule has 5 rings (SSSR count). The van der Waals surface area contributed by atoms with Crippen molar-refractivity contribution in [2.24, 2.45) is 0 Å². The highest BCUT2D eigenvalue weighted by atomic mass is 32.1. The maximum atomic E-state index is 9.12. The number of piperazine rings is 1. The van der Waals surface area contributed by atoms with Crippen molar-refractivity contribution in [3.8, 4) is 11.1 Å². The molecule has 31 heavy (non-hydrogen) atoms. The Balaban J connectivity index is 1.31. The van der Waals surface area contributed by atoms with Crippen LogP contribution in [0.4, 0.5) is 16.6 Å². The van der Waals surface area contributed by atoms with Crippen molar-refractivity contribution in [3.05, 3.63) is 61.1 Å². The summed E-state index contributed by atoms with van der Waals surface area (Å²) in [6.45, 7) is 4.78. The Bertz CT molecular complexity index is 1160. The van der Waals surface area contributed by atoms with Crippen molar-refractivity contribution in [1.82, 2.24) is 19.9 Å². The van der Waals surface area contributed by atoms with Gasteiger partial charge in [-0.05, 0) is 41.5 Å². The van der Waals surface area contributed by atoms with Crippen LogP contribution < -0.4 is 10.2 Å². The smallest absolute Gasteiger partial charge is 0.189 e. The average molecular weight is 433 g/mol. The van der Waals surface area contributed by atoms with Crippen molar-refractivity contribution in [3.63, 3.8) is 0 Å². The number of β-amino-alcohol motifs (C(OH)–C–C–N with tert-alkyl or cyclic N) is 1. The van der Waals surface area contributed by atoms with E-state index in [9.17, 15) is 0 Å². The number of aliphatic hydroxyl groups is 1. The Hall–Kier alpha value is -3.07. The monoisotopic (exact) mass is 432 g/mol. The molecule has 1 fully saturated rings. The van der Waals surface area contributed by atoms with Crippen molar-refractivity contribution in [2.45, 2.75) is 0 Å². The molecule has 0 amide bonds. The predicted molar refractivity (Wildman–Crippen MR) is 126 cm³/mol. The van der Waals surface area contributed by atoms with Crippen molar-refractivity contribution in [1.29, 1.82) is 0 Å². The molecule has 0 bridgehead atoms. The summed E-state index contributed by atoms with van der Waals surface area (Å²) in [7, 11) is 0. The third kappa shape index (κ3) is 4.51. The highest BCUT2D eigenvalue weighted by Crippen LogP contribution is 2.32. The second kappa shape index (κ2) is 8.97. The summed E-state index contributed by atoms with van der Waals surface area (Å²) in [6.07, 6.45) is 5.46. The number of fused-ring (bicyclic) bond motifs is 1. The van der Waals surface area contributed by atoms with Gasteiger partial charge in [-0.15, -0.1) is 0 Å². The molecule has 158 valence electrons. The fraction of sp³-hybridized carbons (Fsp3) is 0.261. The van der Waals surface area contributed by atoms with Gasteiger partial charge in [-0.1, -0.05) is 17.4 Å². The van der Waals surface area contributed by atoms with Crippen LogP contribution in [-0.4, -0.2) is 64.3 Å². The zero-order valence-electron chi connectivity index (χ0n) is 17.1. The number of benzene rings is 1. The molecule has 1 aliphatic rings. The summed E-state index contributed by atoms with van der Waals surface area (Å²) in [5.41, 5.74) is 4.43. The van der Waals surface area contributed by atoms with Gasteiger partial charge in [0, 0.05) is 63.1 Å². The lowest BCUT2D eigenvalue weighted by Gasteiger charge is -2.35. The molecule has 0 spiro atoms. The number of hydrogen-bond donors (Lipinski definition) is 2.